The summed E-state index contributed by atoms with van der Waals surface area (Å²) in [7, 11) is 0. The number of rotatable bonds is 5. The lowest BCUT2D eigenvalue weighted by molar-refractivity contribution is -0.164. The topological polar surface area (TPSA) is 75.7 Å². The highest BCUT2D eigenvalue weighted by atomic mass is 16.5. The van der Waals surface area contributed by atoms with Crippen molar-refractivity contribution in [2.45, 2.75) is 44.9 Å². The van der Waals surface area contributed by atoms with E-state index in [0.717, 1.165) is 49.6 Å². The van der Waals surface area contributed by atoms with Crippen molar-refractivity contribution < 1.29 is 19.1 Å². The van der Waals surface area contributed by atoms with Gasteiger partial charge in [-0.3, -0.25) is 14.4 Å². The molecule has 1 aromatic rings. The van der Waals surface area contributed by atoms with Crippen LogP contribution in [0.3, 0.4) is 0 Å². The minimum atomic E-state index is -0.341. The van der Waals surface area contributed by atoms with Crippen LogP contribution in [0.25, 0.3) is 0 Å². The number of nitrogens with one attached hydrogen (secondary N) is 1. The van der Waals surface area contributed by atoms with Crippen LogP contribution in [0, 0.1) is 29.6 Å². The summed E-state index contributed by atoms with van der Waals surface area (Å²) in [4.78, 5) is 38.7. The summed E-state index contributed by atoms with van der Waals surface area (Å²) in [5, 5.41) is 2.79. The second kappa shape index (κ2) is 7.47. The lowest BCUT2D eigenvalue weighted by Crippen LogP contribution is -2.48. The molecule has 6 rings (SSSR count). The van der Waals surface area contributed by atoms with Gasteiger partial charge in [0.05, 0.1) is 5.92 Å². The third kappa shape index (κ3) is 3.65. The molecule has 5 fully saturated rings. The molecule has 4 bridgehead atoms. The average molecular weight is 396 g/mol. The van der Waals surface area contributed by atoms with Crippen molar-refractivity contribution in [1.29, 1.82) is 0 Å². The number of benzene rings is 1. The molecule has 0 unspecified atom stereocenters. The molecule has 1 aromatic carbocycles. The molecule has 0 atom stereocenters. The van der Waals surface area contributed by atoms with Crippen molar-refractivity contribution in [3.05, 3.63) is 24.3 Å². The third-order valence-electron chi connectivity index (χ3n) is 7.36. The van der Waals surface area contributed by atoms with Crippen LogP contribution >= 0.6 is 0 Å². The molecule has 154 valence electrons. The molecule has 29 heavy (non-hydrogen) atoms. The van der Waals surface area contributed by atoms with Gasteiger partial charge in [0, 0.05) is 24.3 Å². The van der Waals surface area contributed by atoms with Gasteiger partial charge in [0.25, 0.3) is 5.91 Å². The largest absolute Gasteiger partial charge is 0.455 e. The number of hydrogen-bond donors (Lipinski definition) is 1. The van der Waals surface area contributed by atoms with Gasteiger partial charge in [0.2, 0.25) is 5.91 Å². The zero-order valence-electron chi connectivity index (χ0n) is 16.6. The molecule has 0 spiro atoms. The molecule has 0 aromatic heterocycles. The predicted octanol–water partition coefficient (Wildman–Crippen LogP) is 3.37. The number of anilines is 2. The Labute approximate surface area is 171 Å². The van der Waals surface area contributed by atoms with Gasteiger partial charge in [0.15, 0.2) is 6.61 Å². The van der Waals surface area contributed by atoms with Crippen LogP contribution in [0.4, 0.5) is 11.4 Å². The van der Waals surface area contributed by atoms with Gasteiger partial charge in [-0.05, 0) is 80.4 Å². The minimum absolute atomic E-state index is 0.0138. The van der Waals surface area contributed by atoms with Crippen LogP contribution in [-0.2, 0) is 19.1 Å². The fraction of sp³-hybridized carbons (Fsp3) is 0.609. The Balaban J connectivity index is 1.16. The number of carbonyl (C=O) groups excluding carboxylic acids is 3. The Hall–Kier alpha value is -2.37. The highest BCUT2D eigenvalue weighted by Crippen LogP contribution is 2.56. The lowest BCUT2D eigenvalue weighted by Gasteiger charge is -2.53. The van der Waals surface area contributed by atoms with Gasteiger partial charge in [-0.1, -0.05) is 6.07 Å². The van der Waals surface area contributed by atoms with Gasteiger partial charge in [-0.25, -0.2) is 0 Å². The molecule has 1 N–H and O–H groups in total. The number of esters is 1. The van der Waals surface area contributed by atoms with Gasteiger partial charge in [0.1, 0.15) is 0 Å². The van der Waals surface area contributed by atoms with E-state index >= 15 is 0 Å². The fourth-order valence-corrected chi connectivity index (χ4v) is 6.41. The highest BCUT2D eigenvalue weighted by Gasteiger charge is 2.51. The van der Waals surface area contributed by atoms with E-state index in [1.165, 1.54) is 6.42 Å². The Kier molecular flexibility index (Phi) is 4.80. The van der Waals surface area contributed by atoms with Crippen LogP contribution in [-0.4, -0.2) is 30.9 Å². The van der Waals surface area contributed by atoms with Gasteiger partial charge in [-0.2, -0.15) is 0 Å². The van der Waals surface area contributed by atoms with E-state index in [2.05, 4.69) is 5.32 Å². The monoisotopic (exact) mass is 396 g/mol. The summed E-state index contributed by atoms with van der Waals surface area (Å²) in [5.41, 5.74) is 1.40. The molecule has 4 aliphatic carbocycles. The zero-order chi connectivity index (χ0) is 20.0. The van der Waals surface area contributed by atoms with E-state index in [0.29, 0.717) is 30.5 Å². The minimum Gasteiger partial charge on any atom is -0.455 e. The Morgan fingerprint density at radius 1 is 1.07 bits per heavy atom. The predicted molar refractivity (Wildman–Crippen MR) is 108 cm³/mol. The quantitative estimate of drug-likeness (QED) is 0.775. The van der Waals surface area contributed by atoms with Crippen LogP contribution in [0.5, 0.6) is 0 Å². The molecule has 2 amide bonds. The molecule has 1 heterocycles. The number of nitrogens with zero attached hydrogens (tertiary/aromatic N) is 1. The van der Waals surface area contributed by atoms with E-state index in [1.807, 2.05) is 12.1 Å². The molecule has 5 aliphatic rings. The maximum Gasteiger partial charge on any atom is 0.310 e. The highest BCUT2D eigenvalue weighted by molar-refractivity contribution is 5.97. The van der Waals surface area contributed by atoms with E-state index in [-0.39, 0.29) is 30.3 Å². The zero-order valence-corrected chi connectivity index (χ0v) is 16.6. The molecule has 0 radical (unpaired) electrons. The van der Waals surface area contributed by atoms with E-state index in [4.69, 9.17) is 4.74 Å². The Morgan fingerprint density at radius 2 is 1.79 bits per heavy atom. The normalized spacial score (nSPS) is 32.5. The van der Waals surface area contributed by atoms with Crippen molar-refractivity contribution >= 4 is 29.2 Å². The smallest absolute Gasteiger partial charge is 0.310 e. The number of hydrogen-bond acceptors (Lipinski definition) is 4. The summed E-state index contributed by atoms with van der Waals surface area (Å²) >= 11 is 0. The van der Waals surface area contributed by atoms with Crippen molar-refractivity contribution in [3.63, 3.8) is 0 Å². The van der Waals surface area contributed by atoms with Crippen molar-refractivity contribution in [2.24, 2.45) is 29.6 Å². The molecule has 4 saturated carbocycles. The molecule has 1 saturated heterocycles. The summed E-state index contributed by atoms with van der Waals surface area (Å²) in [6, 6.07) is 7.25. The van der Waals surface area contributed by atoms with Crippen molar-refractivity contribution in [1.82, 2.24) is 0 Å². The van der Waals surface area contributed by atoms with Gasteiger partial charge in [-0.15, -0.1) is 0 Å². The van der Waals surface area contributed by atoms with Gasteiger partial charge >= 0.3 is 5.97 Å². The van der Waals surface area contributed by atoms with E-state index in [9.17, 15) is 14.4 Å². The van der Waals surface area contributed by atoms with Crippen LogP contribution < -0.4 is 10.2 Å². The Bertz CT molecular complexity index is 808. The second-order valence-corrected chi connectivity index (χ2v) is 9.31. The summed E-state index contributed by atoms with van der Waals surface area (Å²) < 4.78 is 5.43. The summed E-state index contributed by atoms with van der Waals surface area (Å²) in [5.74, 6) is 2.09. The number of ether oxygens (including phenoxy) is 1. The molecular weight excluding hydrogens is 368 g/mol. The van der Waals surface area contributed by atoms with Crippen molar-refractivity contribution in [3.8, 4) is 0 Å². The SMILES string of the molecule is O=C(COC(=O)C1C2CC3CC(C2)CC1C3)Nc1cccc(N2CCCC2=O)c1. The third-order valence-corrected chi connectivity index (χ3v) is 7.36. The maximum absolute atomic E-state index is 12.7. The van der Waals surface area contributed by atoms with Gasteiger partial charge < -0.3 is 15.0 Å². The molecular formula is C23H28N2O4. The summed E-state index contributed by atoms with van der Waals surface area (Å²) in [6.07, 6.45) is 7.39. The Morgan fingerprint density at radius 3 is 2.45 bits per heavy atom. The van der Waals surface area contributed by atoms with Crippen molar-refractivity contribution in [2.75, 3.05) is 23.4 Å². The molecule has 6 heteroatoms. The maximum atomic E-state index is 12.7. The first-order chi connectivity index (χ1) is 14.1. The van der Waals surface area contributed by atoms with Crippen LogP contribution in [0.2, 0.25) is 0 Å². The lowest BCUT2D eigenvalue weighted by atomic mass is 9.52. The van der Waals surface area contributed by atoms with Crippen LogP contribution in [0.15, 0.2) is 24.3 Å². The fourth-order valence-electron chi connectivity index (χ4n) is 6.41. The average Bonchev–Trinajstić information content (AvgIpc) is 3.12. The van der Waals surface area contributed by atoms with E-state index in [1.54, 1.807) is 17.0 Å². The number of carbonyl (C=O) groups is 3. The van der Waals surface area contributed by atoms with Crippen LogP contribution in [0.1, 0.15) is 44.9 Å². The first kappa shape index (κ1) is 18.6. The second-order valence-electron chi connectivity index (χ2n) is 9.31. The number of amides is 2. The standard InChI is InChI=1S/C23H28N2O4/c26-20(24-18-3-1-4-19(12-18)25-6-2-5-21(25)27)13-29-23(28)22-16-8-14-7-15(10-16)11-17(22)9-14/h1,3-4,12,14-17,22H,2,5-11,13H2,(H,24,26). The summed E-state index contributed by atoms with van der Waals surface area (Å²) in [6.45, 7) is 0.452. The first-order valence-corrected chi connectivity index (χ1v) is 10.9. The molecule has 6 nitrogen and oxygen atoms in total. The van der Waals surface area contributed by atoms with E-state index < -0.39 is 0 Å². The molecule has 1 aliphatic heterocycles. The first-order valence-electron chi connectivity index (χ1n) is 10.9.